The number of aromatic carboxylic acids is 1. The second-order valence-corrected chi connectivity index (χ2v) is 7.57. The summed E-state index contributed by atoms with van der Waals surface area (Å²) >= 11 is 6.25. The summed E-state index contributed by atoms with van der Waals surface area (Å²) in [4.78, 5) is 25.1. The molecule has 0 aliphatic carbocycles. The van der Waals surface area contributed by atoms with E-state index in [1.54, 1.807) is 18.2 Å². The van der Waals surface area contributed by atoms with Crippen LogP contribution in [0.5, 0.6) is 0 Å². The van der Waals surface area contributed by atoms with E-state index in [9.17, 15) is 22.8 Å². The van der Waals surface area contributed by atoms with Gasteiger partial charge in [0.2, 0.25) is 0 Å². The van der Waals surface area contributed by atoms with Gasteiger partial charge in [0.1, 0.15) is 4.32 Å². The first-order valence-corrected chi connectivity index (χ1v) is 9.12. The van der Waals surface area contributed by atoms with Gasteiger partial charge in [0, 0.05) is 0 Å². The van der Waals surface area contributed by atoms with Crippen LogP contribution in [0.25, 0.3) is 6.08 Å². The highest BCUT2D eigenvalue weighted by Gasteiger charge is 2.33. The van der Waals surface area contributed by atoms with Crippen LogP contribution in [0.1, 0.15) is 27.0 Å². The van der Waals surface area contributed by atoms with Crippen molar-refractivity contribution in [2.45, 2.75) is 12.7 Å². The molecule has 1 saturated heterocycles. The van der Waals surface area contributed by atoms with Gasteiger partial charge >= 0.3 is 12.1 Å². The summed E-state index contributed by atoms with van der Waals surface area (Å²) in [6.07, 6.45) is -2.90. The molecule has 0 saturated carbocycles. The molecule has 0 aromatic heterocycles. The molecule has 1 amide bonds. The first-order chi connectivity index (χ1) is 13.1. The minimum absolute atomic E-state index is 0.0656. The first kappa shape index (κ1) is 20.1. The van der Waals surface area contributed by atoms with Gasteiger partial charge in [-0.15, -0.1) is 0 Å². The topological polar surface area (TPSA) is 57.6 Å². The van der Waals surface area contributed by atoms with Crippen molar-refractivity contribution in [1.29, 1.82) is 0 Å². The van der Waals surface area contributed by atoms with Crippen molar-refractivity contribution >= 4 is 46.3 Å². The molecule has 0 atom stereocenters. The van der Waals surface area contributed by atoms with E-state index in [0.717, 1.165) is 23.9 Å². The maximum Gasteiger partial charge on any atom is 0.416 e. The van der Waals surface area contributed by atoms with Gasteiger partial charge in [-0.05, 0) is 41.5 Å². The summed E-state index contributed by atoms with van der Waals surface area (Å²) in [7, 11) is 0. The average molecular weight is 423 g/mol. The number of alkyl halides is 3. The molecule has 9 heteroatoms. The van der Waals surface area contributed by atoms with E-state index >= 15 is 0 Å². The van der Waals surface area contributed by atoms with Crippen LogP contribution in [0, 0.1) is 0 Å². The number of carbonyl (C=O) groups is 2. The number of carboxylic acids is 1. The fourth-order valence-electron chi connectivity index (χ4n) is 2.54. The van der Waals surface area contributed by atoms with E-state index in [2.05, 4.69) is 0 Å². The highest BCUT2D eigenvalue weighted by Crippen LogP contribution is 2.35. The first-order valence-electron chi connectivity index (χ1n) is 7.90. The minimum atomic E-state index is -4.46. The van der Waals surface area contributed by atoms with Crippen molar-refractivity contribution in [2.24, 2.45) is 0 Å². The van der Waals surface area contributed by atoms with Gasteiger partial charge < -0.3 is 5.11 Å². The molecule has 2 aromatic rings. The number of rotatable bonds is 4. The molecule has 2 aromatic carbocycles. The van der Waals surface area contributed by atoms with Crippen LogP contribution in [0.2, 0.25) is 0 Å². The summed E-state index contributed by atoms with van der Waals surface area (Å²) in [5, 5.41) is 8.91. The Morgan fingerprint density at radius 3 is 2.46 bits per heavy atom. The monoisotopic (exact) mass is 423 g/mol. The van der Waals surface area contributed by atoms with Gasteiger partial charge in [-0.3, -0.25) is 9.69 Å². The zero-order valence-corrected chi connectivity index (χ0v) is 15.7. The van der Waals surface area contributed by atoms with Crippen molar-refractivity contribution in [3.05, 3.63) is 75.7 Å². The van der Waals surface area contributed by atoms with Crippen LogP contribution < -0.4 is 0 Å². The predicted molar refractivity (Wildman–Crippen MR) is 104 cm³/mol. The zero-order valence-electron chi connectivity index (χ0n) is 14.1. The highest BCUT2D eigenvalue weighted by atomic mass is 32.2. The predicted octanol–water partition coefficient (Wildman–Crippen LogP) is 4.81. The van der Waals surface area contributed by atoms with Crippen molar-refractivity contribution in [3.8, 4) is 0 Å². The van der Waals surface area contributed by atoms with E-state index in [1.165, 1.54) is 29.2 Å². The molecule has 1 aliphatic heterocycles. The molecule has 0 radical (unpaired) electrons. The number of hydrogen-bond donors (Lipinski definition) is 1. The molecule has 4 nitrogen and oxygen atoms in total. The smallest absolute Gasteiger partial charge is 0.416 e. The molecule has 0 unspecified atom stereocenters. The Balaban J connectivity index is 1.79. The minimum Gasteiger partial charge on any atom is -0.478 e. The zero-order chi connectivity index (χ0) is 20.5. The lowest BCUT2D eigenvalue weighted by molar-refractivity contribution is -0.137. The Kier molecular flexibility index (Phi) is 5.57. The molecule has 0 bridgehead atoms. The molecule has 144 valence electrons. The maximum atomic E-state index is 12.9. The summed E-state index contributed by atoms with van der Waals surface area (Å²) in [5.74, 6) is -1.46. The Hall–Kier alpha value is -2.65. The van der Waals surface area contributed by atoms with Gasteiger partial charge in [0.25, 0.3) is 5.91 Å². The molecule has 28 heavy (non-hydrogen) atoms. The molecule has 3 rings (SSSR count). The maximum absolute atomic E-state index is 12.9. The van der Waals surface area contributed by atoms with Crippen LogP contribution in [-0.4, -0.2) is 26.2 Å². The second kappa shape index (κ2) is 7.76. The number of carboxylic acid groups (broad SMARTS) is 1. The molecule has 1 N–H and O–H groups in total. The van der Waals surface area contributed by atoms with Crippen LogP contribution in [0.4, 0.5) is 13.2 Å². The SMILES string of the molecule is O=C(O)c1ccc(/C=C2\SC(=S)N(Cc3cccc(C(F)(F)F)c3)C2=O)cc1. The van der Waals surface area contributed by atoms with E-state index in [-0.39, 0.29) is 16.4 Å². The van der Waals surface area contributed by atoms with Gasteiger partial charge in [0.05, 0.1) is 22.6 Å². The Morgan fingerprint density at radius 1 is 1.18 bits per heavy atom. The third-order valence-corrected chi connectivity index (χ3v) is 5.30. The average Bonchev–Trinajstić information content (AvgIpc) is 2.89. The fraction of sp³-hybridized carbons (Fsp3) is 0.105. The molecule has 0 spiro atoms. The summed E-state index contributed by atoms with van der Waals surface area (Å²) in [6.45, 7) is -0.0656. The molecule has 1 heterocycles. The molecular weight excluding hydrogens is 411 g/mol. The lowest BCUT2D eigenvalue weighted by Crippen LogP contribution is -2.27. The fourth-order valence-corrected chi connectivity index (χ4v) is 3.79. The van der Waals surface area contributed by atoms with Crippen molar-refractivity contribution in [3.63, 3.8) is 0 Å². The van der Waals surface area contributed by atoms with Crippen molar-refractivity contribution < 1.29 is 27.9 Å². The lowest BCUT2D eigenvalue weighted by Gasteiger charge is -2.15. The van der Waals surface area contributed by atoms with E-state index in [4.69, 9.17) is 17.3 Å². The van der Waals surface area contributed by atoms with Crippen LogP contribution in [-0.2, 0) is 17.5 Å². The number of thioether (sulfide) groups is 1. The summed E-state index contributed by atoms with van der Waals surface area (Å²) in [6, 6.07) is 10.7. The van der Waals surface area contributed by atoms with Gasteiger partial charge in [-0.2, -0.15) is 13.2 Å². The Morgan fingerprint density at radius 2 is 1.86 bits per heavy atom. The third kappa shape index (κ3) is 4.42. The van der Waals surface area contributed by atoms with Gasteiger partial charge in [-0.25, -0.2) is 4.79 Å². The van der Waals surface area contributed by atoms with Gasteiger partial charge in [0.15, 0.2) is 0 Å². The number of hydrogen-bond acceptors (Lipinski definition) is 4. The number of thiocarbonyl (C=S) groups is 1. The summed E-state index contributed by atoms with van der Waals surface area (Å²) in [5.41, 5.74) is 0.265. The van der Waals surface area contributed by atoms with Crippen LogP contribution >= 0.6 is 24.0 Å². The molecular formula is C19H12F3NO3S2. The number of nitrogens with zero attached hydrogens (tertiary/aromatic N) is 1. The third-order valence-electron chi connectivity index (χ3n) is 3.92. The second-order valence-electron chi connectivity index (χ2n) is 5.89. The molecule has 1 fully saturated rings. The van der Waals surface area contributed by atoms with Gasteiger partial charge in [-0.1, -0.05) is 48.2 Å². The Bertz CT molecular complexity index is 985. The van der Waals surface area contributed by atoms with E-state index in [1.807, 2.05) is 0 Å². The van der Waals surface area contributed by atoms with Crippen molar-refractivity contribution in [2.75, 3.05) is 0 Å². The number of halogens is 3. The van der Waals surface area contributed by atoms with Crippen LogP contribution in [0.3, 0.4) is 0 Å². The lowest BCUT2D eigenvalue weighted by atomic mass is 10.1. The Labute approximate surface area is 167 Å². The van der Waals surface area contributed by atoms with Crippen molar-refractivity contribution in [1.82, 2.24) is 4.90 Å². The molecule has 1 aliphatic rings. The number of carbonyl (C=O) groups excluding carboxylic acids is 1. The van der Waals surface area contributed by atoms with Crippen LogP contribution in [0.15, 0.2) is 53.4 Å². The van der Waals surface area contributed by atoms with E-state index in [0.29, 0.717) is 16.0 Å². The quantitative estimate of drug-likeness (QED) is 0.565. The number of amides is 1. The standard InChI is InChI=1S/C19H12F3NO3S2/c20-19(21,22)14-3-1-2-12(8-14)10-23-16(24)15(28-18(23)27)9-11-4-6-13(7-5-11)17(25)26/h1-9H,10H2,(H,25,26)/b15-9-. The number of benzene rings is 2. The van der Waals surface area contributed by atoms with E-state index < -0.39 is 23.6 Å². The highest BCUT2D eigenvalue weighted by molar-refractivity contribution is 8.26. The summed E-state index contributed by atoms with van der Waals surface area (Å²) < 4.78 is 38.8. The largest absolute Gasteiger partial charge is 0.478 e. The normalized spacial score (nSPS) is 16.1.